The van der Waals surface area contributed by atoms with Crippen LogP contribution in [0.4, 0.5) is 0 Å². The van der Waals surface area contributed by atoms with E-state index in [0.29, 0.717) is 32.4 Å². The van der Waals surface area contributed by atoms with E-state index in [-0.39, 0.29) is 54.8 Å². The minimum Gasteiger partial charge on any atom is -0.460 e. The van der Waals surface area contributed by atoms with E-state index in [2.05, 4.69) is 5.32 Å². The van der Waals surface area contributed by atoms with E-state index in [1.807, 2.05) is 0 Å². The number of amides is 2. The molecule has 0 aromatic carbocycles. The van der Waals surface area contributed by atoms with Gasteiger partial charge in [0, 0.05) is 46.3 Å². The Hall–Kier alpha value is -2.44. The summed E-state index contributed by atoms with van der Waals surface area (Å²) in [4.78, 5) is 37.7. The number of piperidine rings is 1. The van der Waals surface area contributed by atoms with E-state index in [0.717, 1.165) is 0 Å². The lowest BCUT2D eigenvalue weighted by Gasteiger charge is -2.31. The van der Waals surface area contributed by atoms with Crippen LogP contribution in [0.3, 0.4) is 0 Å². The van der Waals surface area contributed by atoms with Crippen LogP contribution in [0.1, 0.15) is 36.7 Å². The number of nitrogens with one attached hydrogen (secondary N) is 1. The molecule has 0 unspecified atom stereocenters. The third kappa shape index (κ3) is 6.78. The van der Waals surface area contributed by atoms with Gasteiger partial charge >= 0.3 is 5.97 Å². The topological polar surface area (TPSA) is 135 Å². The molecule has 1 N–H and O–H groups in total. The highest BCUT2D eigenvalue weighted by Gasteiger charge is 2.35. The molecule has 2 rings (SSSR count). The maximum Gasteiger partial charge on any atom is 0.374 e. The van der Waals surface area contributed by atoms with E-state index in [9.17, 15) is 22.8 Å². The summed E-state index contributed by atoms with van der Waals surface area (Å²) in [5, 5.41) is 2.39. The van der Waals surface area contributed by atoms with Crippen LogP contribution in [0.5, 0.6) is 0 Å². The lowest BCUT2D eigenvalue weighted by molar-refractivity contribution is -0.139. The Morgan fingerprint density at radius 1 is 1.25 bits per heavy atom. The zero-order valence-electron chi connectivity index (χ0n) is 18.7. The number of carbonyl (C=O) groups is 3. The zero-order valence-corrected chi connectivity index (χ0v) is 19.5. The normalized spacial score (nSPS) is 15.3. The van der Waals surface area contributed by atoms with Gasteiger partial charge in [0.2, 0.25) is 22.7 Å². The fourth-order valence-corrected chi connectivity index (χ4v) is 4.73. The predicted octanol–water partition coefficient (Wildman–Crippen LogP) is 0.468. The van der Waals surface area contributed by atoms with Gasteiger partial charge in [-0.15, -0.1) is 0 Å². The largest absolute Gasteiger partial charge is 0.460 e. The molecule has 0 aliphatic carbocycles. The summed E-state index contributed by atoms with van der Waals surface area (Å²) in [6, 6.07) is 2.48. The van der Waals surface area contributed by atoms with Crippen LogP contribution >= 0.6 is 0 Å². The van der Waals surface area contributed by atoms with Crippen molar-refractivity contribution in [2.45, 2.75) is 31.3 Å². The first kappa shape index (κ1) is 25.8. The Balaban J connectivity index is 1.87. The Bertz CT molecular complexity index is 890. The minimum atomic E-state index is -3.93. The first-order valence-corrected chi connectivity index (χ1v) is 11.9. The molecule has 1 aliphatic rings. The highest BCUT2D eigenvalue weighted by molar-refractivity contribution is 7.89. The highest BCUT2D eigenvalue weighted by atomic mass is 32.2. The van der Waals surface area contributed by atoms with Crippen molar-refractivity contribution in [1.82, 2.24) is 14.5 Å². The van der Waals surface area contributed by atoms with Crippen molar-refractivity contribution < 1.29 is 36.7 Å². The second kappa shape index (κ2) is 12.0. The van der Waals surface area contributed by atoms with Gasteiger partial charge in [-0.3, -0.25) is 9.59 Å². The van der Waals surface area contributed by atoms with Gasteiger partial charge in [0.15, 0.2) is 0 Å². The Kier molecular flexibility index (Phi) is 9.66. The van der Waals surface area contributed by atoms with Crippen LogP contribution in [0.15, 0.2) is 21.6 Å². The van der Waals surface area contributed by atoms with E-state index in [1.54, 1.807) is 21.1 Å². The number of rotatable bonds is 11. The first-order chi connectivity index (χ1) is 15.2. The van der Waals surface area contributed by atoms with Gasteiger partial charge in [0.05, 0.1) is 13.2 Å². The molecule has 1 aromatic rings. The number of methoxy groups -OCH3 is 1. The number of likely N-dealkylation sites (N-methyl/N-ethyl adjacent to an activating group) is 1. The van der Waals surface area contributed by atoms with Gasteiger partial charge < -0.3 is 24.1 Å². The van der Waals surface area contributed by atoms with Crippen LogP contribution in [-0.4, -0.2) is 89.0 Å². The molecule has 0 saturated carbocycles. The average molecular weight is 474 g/mol. The quantitative estimate of drug-likeness (QED) is 0.362. The van der Waals surface area contributed by atoms with Crippen molar-refractivity contribution in [2.75, 3.05) is 53.6 Å². The van der Waals surface area contributed by atoms with Gasteiger partial charge in [-0.2, -0.15) is 4.31 Å². The monoisotopic (exact) mass is 473 g/mol. The minimum absolute atomic E-state index is 0.0621. The molecule has 0 bridgehead atoms. The number of hydrogen-bond donors (Lipinski definition) is 1. The fourth-order valence-electron chi connectivity index (χ4n) is 3.35. The van der Waals surface area contributed by atoms with Crippen molar-refractivity contribution in [3.8, 4) is 0 Å². The number of sulfonamides is 1. The molecule has 2 amide bonds. The maximum absolute atomic E-state index is 12.8. The molecule has 1 aliphatic heterocycles. The van der Waals surface area contributed by atoms with Crippen molar-refractivity contribution in [3.05, 3.63) is 17.9 Å². The highest BCUT2D eigenvalue weighted by Crippen LogP contribution is 2.26. The Morgan fingerprint density at radius 3 is 2.56 bits per heavy atom. The smallest absolute Gasteiger partial charge is 0.374 e. The maximum atomic E-state index is 12.8. The molecule has 32 heavy (non-hydrogen) atoms. The van der Waals surface area contributed by atoms with Crippen LogP contribution in [-0.2, 0) is 29.1 Å². The SMILES string of the molecule is CCOC(=O)c1ccc(S(=O)(=O)N2CCC(C(=O)N(C)CC(=O)NCCCOC)CC2)o1. The molecule has 180 valence electrons. The van der Waals surface area contributed by atoms with Crippen LogP contribution < -0.4 is 5.32 Å². The number of esters is 1. The molecule has 1 saturated heterocycles. The van der Waals surface area contributed by atoms with Crippen molar-refractivity contribution in [2.24, 2.45) is 5.92 Å². The summed E-state index contributed by atoms with van der Waals surface area (Å²) < 4.78 is 41.8. The summed E-state index contributed by atoms with van der Waals surface area (Å²) in [5.41, 5.74) is 0. The third-order valence-corrected chi connectivity index (χ3v) is 6.83. The number of ether oxygens (including phenoxy) is 2. The van der Waals surface area contributed by atoms with Crippen molar-refractivity contribution >= 4 is 27.8 Å². The predicted molar refractivity (Wildman–Crippen MR) is 113 cm³/mol. The zero-order chi connectivity index (χ0) is 23.7. The molecule has 1 fully saturated rings. The molecule has 1 aromatic heterocycles. The van der Waals surface area contributed by atoms with Crippen molar-refractivity contribution in [3.63, 3.8) is 0 Å². The summed E-state index contributed by atoms with van der Waals surface area (Å²) in [6.07, 6.45) is 1.33. The van der Waals surface area contributed by atoms with Gasteiger partial charge in [-0.05, 0) is 38.3 Å². The lowest BCUT2D eigenvalue weighted by atomic mass is 9.97. The first-order valence-electron chi connectivity index (χ1n) is 10.5. The van der Waals surface area contributed by atoms with Crippen LogP contribution in [0.25, 0.3) is 0 Å². The number of nitrogens with zero attached hydrogens (tertiary/aromatic N) is 2. The number of hydrogen-bond acceptors (Lipinski definition) is 8. The fraction of sp³-hybridized carbons (Fsp3) is 0.650. The molecule has 0 atom stereocenters. The summed E-state index contributed by atoms with van der Waals surface area (Å²) in [5.74, 6) is -1.75. The van der Waals surface area contributed by atoms with E-state index in [4.69, 9.17) is 13.9 Å². The van der Waals surface area contributed by atoms with E-state index >= 15 is 0 Å². The summed E-state index contributed by atoms with van der Waals surface area (Å²) in [7, 11) is -0.794. The number of furan rings is 1. The van der Waals surface area contributed by atoms with Crippen molar-refractivity contribution in [1.29, 1.82) is 0 Å². The standard InChI is InChI=1S/C20H31N3O8S/c1-4-30-20(26)16-6-7-18(31-16)32(27,28)23-11-8-15(9-12-23)19(25)22(2)14-17(24)21-10-5-13-29-3/h6-7,15H,4-5,8-14H2,1-3H3,(H,21,24). The Morgan fingerprint density at radius 2 is 1.94 bits per heavy atom. The molecule has 2 heterocycles. The summed E-state index contributed by atoms with van der Waals surface area (Å²) >= 11 is 0. The molecule has 0 radical (unpaired) electrons. The molecule has 12 heteroatoms. The van der Waals surface area contributed by atoms with E-state index < -0.39 is 16.0 Å². The lowest BCUT2D eigenvalue weighted by Crippen LogP contribution is -2.45. The molecular formula is C20H31N3O8S. The second-order valence-corrected chi connectivity index (χ2v) is 9.28. The average Bonchev–Trinajstić information content (AvgIpc) is 3.28. The van der Waals surface area contributed by atoms with Crippen LogP contribution in [0.2, 0.25) is 0 Å². The van der Waals surface area contributed by atoms with Gasteiger partial charge in [-0.1, -0.05) is 0 Å². The van der Waals surface area contributed by atoms with E-state index in [1.165, 1.54) is 21.3 Å². The summed E-state index contributed by atoms with van der Waals surface area (Å²) in [6.45, 7) is 2.99. The van der Waals surface area contributed by atoms with Crippen LogP contribution in [0, 0.1) is 5.92 Å². The molecule has 0 spiro atoms. The number of carbonyl (C=O) groups excluding carboxylic acids is 3. The molecule has 11 nitrogen and oxygen atoms in total. The second-order valence-electron chi connectivity index (χ2n) is 7.41. The van der Waals surface area contributed by atoms with Gasteiger partial charge in [0.1, 0.15) is 0 Å². The third-order valence-electron chi connectivity index (χ3n) is 5.06. The molecular weight excluding hydrogens is 442 g/mol. The Labute approximate surface area is 188 Å². The van der Waals surface area contributed by atoms with Gasteiger partial charge in [-0.25, -0.2) is 13.2 Å². The van der Waals surface area contributed by atoms with Gasteiger partial charge in [0.25, 0.3) is 10.0 Å².